The van der Waals surface area contributed by atoms with Gasteiger partial charge in [0.25, 0.3) is 5.91 Å². The largest absolute Gasteiger partial charge is 0.396 e. The molecule has 0 aliphatic carbocycles. The van der Waals surface area contributed by atoms with E-state index in [1.165, 1.54) is 0 Å². The highest BCUT2D eigenvalue weighted by Gasteiger charge is 2.50. The van der Waals surface area contributed by atoms with Gasteiger partial charge in [-0.2, -0.15) is 0 Å². The highest BCUT2D eigenvalue weighted by Crippen LogP contribution is 2.29. The van der Waals surface area contributed by atoms with Crippen LogP contribution in [0.5, 0.6) is 0 Å². The molecule has 1 aliphatic heterocycles. The first-order valence-electron chi connectivity index (χ1n) is 5.75. The number of carbonyl (C=O) groups excluding carboxylic acids is 2. The maximum Gasteiger partial charge on any atom is 0.325 e. The lowest BCUT2D eigenvalue weighted by molar-refractivity contribution is -0.127. The first-order chi connectivity index (χ1) is 7.51. The zero-order valence-electron chi connectivity index (χ0n) is 10.1. The minimum absolute atomic E-state index is 0.0154. The summed E-state index contributed by atoms with van der Waals surface area (Å²) in [5, 5.41) is 11.4. The molecule has 0 bridgehead atoms. The van der Waals surface area contributed by atoms with Crippen LogP contribution in [0.15, 0.2) is 0 Å². The van der Waals surface area contributed by atoms with Gasteiger partial charge in [-0.3, -0.25) is 10.1 Å². The van der Waals surface area contributed by atoms with E-state index < -0.39 is 5.54 Å². The molecule has 1 aliphatic rings. The lowest BCUT2D eigenvalue weighted by Crippen LogP contribution is -2.50. The molecule has 16 heavy (non-hydrogen) atoms. The number of nitrogens with one attached hydrogen (secondary N) is 1. The fraction of sp³-hybridized carbons (Fsp3) is 0.818. The number of carbonyl (C=O) groups is 2. The second-order valence-corrected chi connectivity index (χ2v) is 4.40. The quantitative estimate of drug-likeness (QED) is 0.681. The van der Waals surface area contributed by atoms with E-state index >= 15 is 0 Å². The van der Waals surface area contributed by atoms with Crippen molar-refractivity contribution in [3.8, 4) is 0 Å². The van der Waals surface area contributed by atoms with E-state index in [4.69, 9.17) is 5.11 Å². The highest BCUT2D eigenvalue weighted by atomic mass is 16.3. The summed E-state index contributed by atoms with van der Waals surface area (Å²) < 4.78 is 0. The molecule has 5 nitrogen and oxygen atoms in total. The Labute approximate surface area is 95.8 Å². The van der Waals surface area contributed by atoms with Crippen LogP contribution in [0.2, 0.25) is 0 Å². The minimum atomic E-state index is -0.722. The van der Waals surface area contributed by atoms with E-state index in [9.17, 15) is 9.59 Å². The predicted octanol–water partition coefficient (Wildman–Crippen LogP) is 0.725. The molecule has 92 valence electrons. The second kappa shape index (κ2) is 4.82. The van der Waals surface area contributed by atoms with Crippen LogP contribution in [0.1, 0.15) is 33.6 Å². The monoisotopic (exact) mass is 228 g/mol. The average molecular weight is 228 g/mol. The van der Waals surface area contributed by atoms with E-state index in [1.54, 1.807) is 4.90 Å². The minimum Gasteiger partial charge on any atom is -0.396 e. The Hall–Kier alpha value is -1.10. The molecule has 1 atom stereocenters. The Kier molecular flexibility index (Phi) is 3.91. The molecule has 3 amide bonds. The maximum atomic E-state index is 11.8. The Bertz CT molecular complexity index is 287. The predicted molar refractivity (Wildman–Crippen MR) is 59.8 cm³/mol. The molecule has 1 heterocycles. The summed E-state index contributed by atoms with van der Waals surface area (Å²) >= 11 is 0. The molecular weight excluding hydrogens is 208 g/mol. The second-order valence-electron chi connectivity index (χ2n) is 4.40. The number of imide groups is 1. The third-order valence-corrected chi connectivity index (χ3v) is 3.38. The summed E-state index contributed by atoms with van der Waals surface area (Å²) in [6, 6.07) is -0.339. The molecule has 5 heteroatoms. The van der Waals surface area contributed by atoms with E-state index in [1.807, 2.05) is 20.8 Å². The third-order valence-electron chi connectivity index (χ3n) is 3.38. The molecule has 0 spiro atoms. The zero-order chi connectivity index (χ0) is 12.3. The summed E-state index contributed by atoms with van der Waals surface area (Å²) in [5.41, 5.74) is -0.722. The fourth-order valence-electron chi connectivity index (χ4n) is 2.18. The van der Waals surface area contributed by atoms with Crippen molar-refractivity contribution in [3.63, 3.8) is 0 Å². The van der Waals surface area contributed by atoms with Crippen LogP contribution in [-0.4, -0.2) is 40.6 Å². The molecule has 0 saturated carbocycles. The van der Waals surface area contributed by atoms with Crippen molar-refractivity contribution in [3.05, 3.63) is 0 Å². The molecule has 1 saturated heterocycles. The molecule has 0 aromatic heterocycles. The molecule has 0 aromatic rings. The van der Waals surface area contributed by atoms with Crippen LogP contribution in [0.3, 0.4) is 0 Å². The maximum absolute atomic E-state index is 11.8. The Balaban J connectivity index is 2.93. The van der Waals surface area contributed by atoms with Crippen molar-refractivity contribution < 1.29 is 14.7 Å². The standard InChI is InChI=1S/C11H20N2O3/c1-4-11(5-2)9(15)12-10(16)13(11)6-8(3)7-14/h8,14H,4-7H2,1-3H3,(H,12,15,16). The normalized spacial score (nSPS) is 21.1. The number of aliphatic hydroxyl groups is 1. The zero-order valence-corrected chi connectivity index (χ0v) is 10.1. The number of urea groups is 1. The van der Waals surface area contributed by atoms with Gasteiger partial charge in [0, 0.05) is 13.2 Å². The van der Waals surface area contributed by atoms with Crippen LogP contribution < -0.4 is 5.32 Å². The van der Waals surface area contributed by atoms with Gasteiger partial charge in [-0.1, -0.05) is 20.8 Å². The van der Waals surface area contributed by atoms with Gasteiger partial charge in [0.05, 0.1) is 0 Å². The van der Waals surface area contributed by atoms with Crippen molar-refractivity contribution in [2.75, 3.05) is 13.2 Å². The summed E-state index contributed by atoms with van der Waals surface area (Å²) in [6.07, 6.45) is 1.19. The lowest BCUT2D eigenvalue weighted by atomic mass is 9.90. The molecule has 1 fully saturated rings. The molecular formula is C11H20N2O3. The fourth-order valence-corrected chi connectivity index (χ4v) is 2.18. The average Bonchev–Trinajstić information content (AvgIpc) is 2.51. The number of hydrogen-bond acceptors (Lipinski definition) is 3. The van der Waals surface area contributed by atoms with Crippen LogP contribution in [0.25, 0.3) is 0 Å². The van der Waals surface area contributed by atoms with Gasteiger partial charge in [0.1, 0.15) is 5.54 Å². The molecule has 1 rings (SSSR count). The van der Waals surface area contributed by atoms with Gasteiger partial charge >= 0.3 is 6.03 Å². The Morgan fingerprint density at radius 2 is 1.94 bits per heavy atom. The van der Waals surface area contributed by atoms with E-state index in [0.29, 0.717) is 19.4 Å². The Morgan fingerprint density at radius 1 is 1.38 bits per heavy atom. The van der Waals surface area contributed by atoms with Crippen molar-refractivity contribution in [1.82, 2.24) is 10.2 Å². The first-order valence-corrected chi connectivity index (χ1v) is 5.75. The van der Waals surface area contributed by atoms with E-state index in [2.05, 4.69) is 5.32 Å². The van der Waals surface area contributed by atoms with Crippen LogP contribution in [0, 0.1) is 5.92 Å². The van der Waals surface area contributed by atoms with Crippen LogP contribution >= 0.6 is 0 Å². The summed E-state index contributed by atoms with van der Waals surface area (Å²) in [4.78, 5) is 25.1. The lowest BCUT2D eigenvalue weighted by Gasteiger charge is -2.34. The summed E-state index contributed by atoms with van der Waals surface area (Å²) in [5.74, 6) is -0.234. The van der Waals surface area contributed by atoms with Gasteiger partial charge in [-0.05, 0) is 18.8 Å². The van der Waals surface area contributed by atoms with Gasteiger partial charge in [0.2, 0.25) is 0 Å². The molecule has 0 aromatic carbocycles. The van der Waals surface area contributed by atoms with Gasteiger partial charge in [-0.15, -0.1) is 0 Å². The number of rotatable bonds is 5. The van der Waals surface area contributed by atoms with Gasteiger partial charge in [-0.25, -0.2) is 4.79 Å². The number of amides is 3. The van der Waals surface area contributed by atoms with Crippen molar-refractivity contribution >= 4 is 11.9 Å². The van der Waals surface area contributed by atoms with Gasteiger partial charge < -0.3 is 10.0 Å². The SMILES string of the molecule is CCC1(CC)C(=O)NC(=O)N1CC(C)CO. The van der Waals surface area contributed by atoms with Gasteiger partial charge in [0.15, 0.2) is 0 Å². The van der Waals surface area contributed by atoms with Crippen LogP contribution in [0.4, 0.5) is 4.79 Å². The van der Waals surface area contributed by atoms with Crippen molar-refractivity contribution in [2.24, 2.45) is 5.92 Å². The highest BCUT2D eigenvalue weighted by molar-refractivity contribution is 6.06. The topological polar surface area (TPSA) is 69.6 Å². The van der Waals surface area contributed by atoms with E-state index in [-0.39, 0.29) is 24.5 Å². The smallest absolute Gasteiger partial charge is 0.325 e. The summed E-state index contributed by atoms with van der Waals surface area (Å²) in [7, 11) is 0. The van der Waals surface area contributed by atoms with Crippen molar-refractivity contribution in [1.29, 1.82) is 0 Å². The molecule has 0 radical (unpaired) electrons. The third kappa shape index (κ3) is 1.91. The number of nitrogens with zero attached hydrogens (tertiary/aromatic N) is 1. The first kappa shape index (κ1) is 13.0. The molecule has 2 N–H and O–H groups in total. The molecule has 1 unspecified atom stereocenters. The van der Waals surface area contributed by atoms with Crippen molar-refractivity contribution in [2.45, 2.75) is 39.2 Å². The van der Waals surface area contributed by atoms with E-state index in [0.717, 1.165) is 0 Å². The summed E-state index contributed by atoms with van der Waals surface area (Å²) in [6.45, 7) is 6.08. The number of aliphatic hydroxyl groups excluding tert-OH is 1. The van der Waals surface area contributed by atoms with Crippen LogP contribution in [-0.2, 0) is 4.79 Å². The number of hydrogen-bond donors (Lipinski definition) is 2. The Morgan fingerprint density at radius 3 is 2.38 bits per heavy atom.